The molecule has 3 aromatic rings. The molecule has 0 unspecified atom stereocenters. The minimum absolute atomic E-state index is 0.0352. The van der Waals surface area contributed by atoms with Crippen LogP contribution >= 0.6 is 27.3 Å². The number of halogens is 1. The van der Waals surface area contributed by atoms with Crippen molar-refractivity contribution in [2.45, 2.75) is 6.42 Å². The van der Waals surface area contributed by atoms with Gasteiger partial charge in [-0.1, -0.05) is 0 Å². The number of hydrogen-bond acceptors (Lipinski definition) is 6. The summed E-state index contributed by atoms with van der Waals surface area (Å²) in [6, 6.07) is 5.83. The van der Waals surface area contributed by atoms with Crippen LogP contribution in [-0.4, -0.2) is 32.7 Å². The molecule has 0 N–H and O–H groups in total. The van der Waals surface area contributed by atoms with E-state index >= 15 is 0 Å². The van der Waals surface area contributed by atoms with Crippen LogP contribution in [0.5, 0.6) is 0 Å². The van der Waals surface area contributed by atoms with Crippen LogP contribution in [0.2, 0.25) is 0 Å². The van der Waals surface area contributed by atoms with Gasteiger partial charge in [-0.25, -0.2) is 4.98 Å². The summed E-state index contributed by atoms with van der Waals surface area (Å²) in [5.74, 6) is 0.486. The van der Waals surface area contributed by atoms with Crippen LogP contribution < -0.4 is 0 Å². The van der Waals surface area contributed by atoms with Crippen molar-refractivity contribution in [3.63, 3.8) is 0 Å². The first-order valence-electron chi connectivity index (χ1n) is 5.70. The average Bonchev–Trinajstić information content (AvgIpc) is 3.03. The Hall–Kier alpha value is -1.80. The predicted molar refractivity (Wildman–Crippen MR) is 77.5 cm³/mol. The number of rotatable bonds is 3. The maximum atomic E-state index is 11.3. The molecule has 0 aliphatic carbocycles. The summed E-state index contributed by atoms with van der Waals surface area (Å²) < 4.78 is 7.29. The average molecular weight is 353 g/mol. The Morgan fingerprint density at radius 2 is 2.30 bits per heavy atom. The van der Waals surface area contributed by atoms with Gasteiger partial charge < -0.3 is 4.74 Å². The number of carbonyl (C=O) groups is 1. The fourth-order valence-electron chi connectivity index (χ4n) is 1.75. The zero-order valence-corrected chi connectivity index (χ0v) is 12.8. The number of aromatic nitrogens is 4. The largest absolute Gasteiger partial charge is 0.469 e. The highest BCUT2D eigenvalue weighted by Gasteiger charge is 2.13. The SMILES string of the molecule is COC(=O)Cc1nc2nccc(-c3ccc(Br)s3)n2n1. The molecule has 3 heterocycles. The van der Waals surface area contributed by atoms with Crippen molar-refractivity contribution in [1.29, 1.82) is 0 Å². The van der Waals surface area contributed by atoms with Crippen LogP contribution in [0.25, 0.3) is 16.3 Å². The van der Waals surface area contributed by atoms with Gasteiger partial charge in [0.15, 0.2) is 5.82 Å². The van der Waals surface area contributed by atoms with E-state index in [1.807, 2.05) is 18.2 Å². The lowest BCUT2D eigenvalue weighted by Crippen LogP contribution is -2.06. The first kappa shape index (κ1) is 13.2. The minimum atomic E-state index is -0.374. The van der Waals surface area contributed by atoms with Gasteiger partial charge in [0.2, 0.25) is 0 Å². The molecular formula is C12H9BrN4O2S. The molecule has 0 spiro atoms. The van der Waals surface area contributed by atoms with Gasteiger partial charge in [-0.15, -0.1) is 16.4 Å². The first-order valence-corrected chi connectivity index (χ1v) is 7.31. The molecule has 0 radical (unpaired) electrons. The summed E-state index contributed by atoms with van der Waals surface area (Å²) in [4.78, 5) is 20.7. The molecule has 3 aromatic heterocycles. The van der Waals surface area contributed by atoms with Gasteiger partial charge in [0.25, 0.3) is 5.78 Å². The highest BCUT2D eigenvalue weighted by molar-refractivity contribution is 9.11. The molecule has 0 aliphatic rings. The first-order chi connectivity index (χ1) is 9.67. The van der Waals surface area contributed by atoms with E-state index in [9.17, 15) is 4.79 Å². The van der Waals surface area contributed by atoms with E-state index in [-0.39, 0.29) is 12.4 Å². The molecule has 0 bridgehead atoms. The molecule has 0 fully saturated rings. The van der Waals surface area contributed by atoms with Crippen molar-refractivity contribution in [1.82, 2.24) is 19.6 Å². The molecule has 3 rings (SSSR count). The zero-order valence-electron chi connectivity index (χ0n) is 10.4. The number of fused-ring (bicyclic) bond motifs is 1. The third-order valence-corrected chi connectivity index (χ3v) is 4.29. The van der Waals surface area contributed by atoms with Crippen molar-refractivity contribution >= 4 is 39.0 Å². The van der Waals surface area contributed by atoms with E-state index in [4.69, 9.17) is 0 Å². The van der Waals surface area contributed by atoms with Crippen molar-refractivity contribution in [2.24, 2.45) is 0 Å². The number of ether oxygens (including phenoxy) is 1. The Kier molecular flexibility index (Phi) is 3.49. The fraction of sp³-hybridized carbons (Fsp3) is 0.167. The van der Waals surface area contributed by atoms with Gasteiger partial charge in [0.1, 0.15) is 6.42 Å². The molecule has 102 valence electrons. The second-order valence-corrected chi connectivity index (χ2v) is 6.39. The molecular weight excluding hydrogens is 344 g/mol. The number of carbonyl (C=O) groups excluding carboxylic acids is 1. The lowest BCUT2D eigenvalue weighted by atomic mass is 10.3. The minimum Gasteiger partial charge on any atom is -0.469 e. The van der Waals surface area contributed by atoms with Crippen molar-refractivity contribution in [3.05, 3.63) is 34.0 Å². The second kappa shape index (κ2) is 5.29. The van der Waals surface area contributed by atoms with E-state index in [0.29, 0.717) is 11.6 Å². The highest BCUT2D eigenvalue weighted by atomic mass is 79.9. The molecule has 0 saturated heterocycles. The number of nitrogens with zero attached hydrogens (tertiary/aromatic N) is 4. The molecule has 6 nitrogen and oxygen atoms in total. The van der Waals surface area contributed by atoms with Gasteiger partial charge in [0, 0.05) is 6.20 Å². The lowest BCUT2D eigenvalue weighted by Gasteiger charge is -1.99. The number of methoxy groups -OCH3 is 1. The monoisotopic (exact) mass is 352 g/mol. The third kappa shape index (κ3) is 2.44. The van der Waals surface area contributed by atoms with Crippen LogP contribution in [0, 0.1) is 0 Å². The van der Waals surface area contributed by atoms with Crippen LogP contribution in [0.1, 0.15) is 5.82 Å². The fourth-order valence-corrected chi connectivity index (χ4v) is 3.15. The predicted octanol–water partition coefficient (Wildman–Crippen LogP) is 2.33. The number of hydrogen-bond donors (Lipinski definition) is 0. The zero-order chi connectivity index (χ0) is 14.1. The van der Waals surface area contributed by atoms with Crippen LogP contribution in [0.4, 0.5) is 0 Å². The van der Waals surface area contributed by atoms with Gasteiger partial charge in [-0.2, -0.15) is 9.50 Å². The van der Waals surface area contributed by atoms with Gasteiger partial charge in [-0.05, 0) is 34.1 Å². The molecule has 8 heteroatoms. The highest BCUT2D eigenvalue weighted by Crippen LogP contribution is 2.30. The molecule has 0 aromatic carbocycles. The summed E-state index contributed by atoms with van der Waals surface area (Å²) >= 11 is 5.03. The Morgan fingerprint density at radius 3 is 3.00 bits per heavy atom. The number of esters is 1. The van der Waals surface area contributed by atoms with Crippen LogP contribution in [0.3, 0.4) is 0 Å². The summed E-state index contributed by atoms with van der Waals surface area (Å²) in [5, 5.41) is 4.32. The summed E-state index contributed by atoms with van der Waals surface area (Å²) in [6.07, 6.45) is 1.71. The molecule has 0 atom stereocenters. The van der Waals surface area contributed by atoms with Crippen LogP contribution in [-0.2, 0) is 16.0 Å². The Balaban J connectivity index is 2.07. The third-order valence-electron chi connectivity index (χ3n) is 2.64. The van der Waals surface area contributed by atoms with Crippen LogP contribution in [0.15, 0.2) is 28.2 Å². The quantitative estimate of drug-likeness (QED) is 0.676. The van der Waals surface area contributed by atoms with Gasteiger partial charge >= 0.3 is 5.97 Å². The smallest absolute Gasteiger partial charge is 0.313 e. The standard InChI is InChI=1S/C12H9BrN4O2S/c1-19-11(18)6-10-15-12-14-5-4-7(17(12)16-10)8-2-3-9(13)20-8/h2-5H,6H2,1H3. The molecule has 0 aliphatic heterocycles. The van der Waals surface area contributed by atoms with Crippen molar-refractivity contribution in [2.75, 3.05) is 7.11 Å². The molecule has 0 amide bonds. The second-order valence-electron chi connectivity index (χ2n) is 3.93. The van der Waals surface area contributed by atoms with Crippen molar-refractivity contribution < 1.29 is 9.53 Å². The van der Waals surface area contributed by atoms with E-state index in [1.165, 1.54) is 7.11 Å². The summed E-state index contributed by atoms with van der Waals surface area (Å²) in [6.45, 7) is 0. The number of thiophene rings is 1. The lowest BCUT2D eigenvalue weighted by molar-refractivity contribution is -0.139. The normalized spacial score (nSPS) is 10.9. The van der Waals surface area contributed by atoms with E-state index in [2.05, 4.69) is 35.7 Å². The Labute approximate surface area is 126 Å². The van der Waals surface area contributed by atoms with Gasteiger partial charge in [-0.3, -0.25) is 4.79 Å². The summed E-state index contributed by atoms with van der Waals surface area (Å²) in [7, 11) is 1.34. The maximum absolute atomic E-state index is 11.3. The van der Waals surface area contributed by atoms with E-state index in [0.717, 1.165) is 14.4 Å². The van der Waals surface area contributed by atoms with Gasteiger partial charge in [0.05, 0.1) is 21.5 Å². The Bertz CT molecular complexity index is 783. The molecule has 0 saturated carbocycles. The van der Waals surface area contributed by atoms with Crippen molar-refractivity contribution in [3.8, 4) is 10.6 Å². The molecule has 20 heavy (non-hydrogen) atoms. The van der Waals surface area contributed by atoms with E-state index < -0.39 is 0 Å². The Morgan fingerprint density at radius 1 is 1.45 bits per heavy atom. The topological polar surface area (TPSA) is 69.4 Å². The maximum Gasteiger partial charge on any atom is 0.313 e. The van der Waals surface area contributed by atoms with E-state index in [1.54, 1.807) is 22.0 Å². The summed E-state index contributed by atoms with van der Waals surface area (Å²) in [5.41, 5.74) is 0.884.